The first kappa shape index (κ1) is 18.0. The van der Waals surface area contributed by atoms with E-state index >= 15 is 0 Å². The average molecular weight is 367 g/mol. The van der Waals surface area contributed by atoms with Gasteiger partial charge >= 0.3 is 5.97 Å². The molecule has 0 saturated carbocycles. The molecule has 2 aromatic carbocycles. The summed E-state index contributed by atoms with van der Waals surface area (Å²) in [5.74, 6) is -2.20. The number of benzene rings is 2. The zero-order chi connectivity index (χ0) is 19.4. The van der Waals surface area contributed by atoms with Crippen molar-refractivity contribution in [2.45, 2.75) is 6.54 Å². The van der Waals surface area contributed by atoms with Crippen LogP contribution in [-0.2, 0) is 11.3 Å². The molecule has 0 radical (unpaired) electrons. The molecule has 7 nitrogen and oxygen atoms in total. The van der Waals surface area contributed by atoms with Crippen LogP contribution in [-0.4, -0.2) is 26.5 Å². The van der Waals surface area contributed by atoms with Crippen LogP contribution >= 0.6 is 0 Å². The van der Waals surface area contributed by atoms with E-state index in [4.69, 9.17) is 5.11 Å². The number of carboxylic acid groups (broad SMARTS) is 1. The van der Waals surface area contributed by atoms with Gasteiger partial charge in [-0.05, 0) is 36.4 Å². The van der Waals surface area contributed by atoms with E-state index in [1.165, 1.54) is 24.3 Å². The van der Waals surface area contributed by atoms with Gasteiger partial charge in [-0.1, -0.05) is 18.2 Å². The van der Waals surface area contributed by atoms with E-state index < -0.39 is 29.8 Å². The van der Waals surface area contributed by atoms with Gasteiger partial charge in [-0.2, -0.15) is 0 Å². The molecule has 27 heavy (non-hydrogen) atoms. The Morgan fingerprint density at radius 2 is 1.74 bits per heavy atom. The molecule has 0 bridgehead atoms. The van der Waals surface area contributed by atoms with E-state index in [0.29, 0.717) is 11.1 Å². The minimum atomic E-state index is -1.26. The van der Waals surface area contributed by atoms with Crippen molar-refractivity contribution < 1.29 is 19.1 Å². The predicted molar refractivity (Wildman–Crippen MR) is 95.9 cm³/mol. The third-order valence-electron chi connectivity index (χ3n) is 3.73. The van der Waals surface area contributed by atoms with Crippen LogP contribution in [0.5, 0.6) is 0 Å². The second-order valence-electron chi connectivity index (χ2n) is 5.61. The molecule has 1 amide bonds. The summed E-state index contributed by atoms with van der Waals surface area (Å²) in [4.78, 5) is 40.2. The fourth-order valence-corrected chi connectivity index (χ4v) is 2.47. The molecule has 2 N–H and O–H groups in total. The maximum absolute atomic E-state index is 13.1. The number of aromatic nitrogens is 2. The van der Waals surface area contributed by atoms with Crippen molar-refractivity contribution in [2.75, 3.05) is 5.32 Å². The highest BCUT2D eigenvalue weighted by atomic mass is 19.1. The van der Waals surface area contributed by atoms with Crippen molar-refractivity contribution in [3.05, 3.63) is 82.5 Å². The molecule has 3 aromatic rings. The SMILES string of the molecule is O=C(O)Cn1c(-c2ccc(F)cc2)ncc(NC(=O)c2ccccc2)c1=O. The van der Waals surface area contributed by atoms with Crippen molar-refractivity contribution in [3.8, 4) is 11.4 Å². The lowest BCUT2D eigenvalue weighted by Gasteiger charge is -2.12. The van der Waals surface area contributed by atoms with Crippen LogP contribution in [0.4, 0.5) is 10.1 Å². The Morgan fingerprint density at radius 1 is 1.07 bits per heavy atom. The van der Waals surface area contributed by atoms with Crippen LogP contribution in [0.3, 0.4) is 0 Å². The van der Waals surface area contributed by atoms with E-state index in [2.05, 4.69) is 10.3 Å². The second kappa shape index (κ2) is 7.61. The standard InChI is InChI=1S/C19H14FN3O4/c20-14-8-6-12(7-9-14)17-21-10-15(19(27)23(17)11-16(24)25)22-18(26)13-4-2-1-3-5-13/h1-10H,11H2,(H,22,26)(H,24,25). The van der Waals surface area contributed by atoms with Crippen LogP contribution in [0.2, 0.25) is 0 Å². The molecule has 8 heteroatoms. The van der Waals surface area contributed by atoms with Crippen molar-refractivity contribution >= 4 is 17.6 Å². The minimum absolute atomic E-state index is 0.0557. The molecule has 0 spiro atoms. The molecule has 136 valence electrons. The zero-order valence-corrected chi connectivity index (χ0v) is 13.9. The number of rotatable bonds is 5. The summed E-state index contributed by atoms with van der Waals surface area (Å²) in [6, 6.07) is 13.4. The molecular weight excluding hydrogens is 353 g/mol. The van der Waals surface area contributed by atoms with Gasteiger partial charge in [0.25, 0.3) is 11.5 Å². The van der Waals surface area contributed by atoms with Crippen LogP contribution in [0.15, 0.2) is 65.6 Å². The summed E-state index contributed by atoms with van der Waals surface area (Å²) >= 11 is 0. The minimum Gasteiger partial charge on any atom is -0.480 e. The molecule has 0 atom stereocenters. The first-order valence-corrected chi connectivity index (χ1v) is 7.89. The van der Waals surface area contributed by atoms with E-state index in [9.17, 15) is 18.8 Å². The van der Waals surface area contributed by atoms with Crippen LogP contribution in [0.25, 0.3) is 11.4 Å². The Balaban J connectivity index is 2.02. The van der Waals surface area contributed by atoms with Crippen LogP contribution in [0.1, 0.15) is 10.4 Å². The van der Waals surface area contributed by atoms with Gasteiger partial charge in [0.2, 0.25) is 0 Å². The van der Waals surface area contributed by atoms with E-state index in [-0.39, 0.29) is 11.5 Å². The number of carbonyl (C=O) groups is 2. The first-order valence-electron chi connectivity index (χ1n) is 7.89. The smallest absolute Gasteiger partial charge is 0.323 e. The molecule has 0 aliphatic rings. The first-order chi connectivity index (χ1) is 13.0. The van der Waals surface area contributed by atoms with Gasteiger partial charge in [-0.25, -0.2) is 9.37 Å². The van der Waals surface area contributed by atoms with Gasteiger partial charge in [0.05, 0.1) is 6.20 Å². The normalized spacial score (nSPS) is 10.4. The number of hydrogen-bond donors (Lipinski definition) is 2. The van der Waals surface area contributed by atoms with E-state index in [1.54, 1.807) is 30.3 Å². The molecule has 3 rings (SSSR count). The molecule has 0 fully saturated rings. The number of hydrogen-bond acceptors (Lipinski definition) is 4. The molecule has 0 aliphatic carbocycles. The fraction of sp³-hybridized carbons (Fsp3) is 0.0526. The molecule has 0 aliphatic heterocycles. The summed E-state index contributed by atoms with van der Waals surface area (Å²) in [6.07, 6.45) is 1.15. The van der Waals surface area contributed by atoms with E-state index in [0.717, 1.165) is 10.8 Å². The number of amides is 1. The number of aliphatic carboxylic acids is 1. The maximum Gasteiger partial charge on any atom is 0.323 e. The molecule has 1 aromatic heterocycles. The number of anilines is 1. The summed E-state index contributed by atoms with van der Waals surface area (Å²) in [5.41, 5.74) is -0.174. The van der Waals surface area contributed by atoms with Crippen molar-refractivity contribution in [3.63, 3.8) is 0 Å². The fourth-order valence-electron chi connectivity index (χ4n) is 2.47. The van der Waals surface area contributed by atoms with Gasteiger partial charge in [-0.3, -0.25) is 19.0 Å². The Morgan fingerprint density at radius 3 is 2.37 bits per heavy atom. The average Bonchev–Trinajstić information content (AvgIpc) is 2.66. The third kappa shape index (κ3) is 4.06. The van der Waals surface area contributed by atoms with Crippen molar-refractivity contribution in [2.24, 2.45) is 0 Å². The van der Waals surface area contributed by atoms with Gasteiger partial charge in [-0.15, -0.1) is 0 Å². The number of nitrogens with one attached hydrogen (secondary N) is 1. The highest BCUT2D eigenvalue weighted by Gasteiger charge is 2.16. The topological polar surface area (TPSA) is 101 Å². The zero-order valence-electron chi connectivity index (χ0n) is 13.9. The lowest BCUT2D eigenvalue weighted by Crippen LogP contribution is -2.30. The Kier molecular flexibility index (Phi) is 5.07. The van der Waals surface area contributed by atoms with Gasteiger partial charge in [0.15, 0.2) is 0 Å². The van der Waals surface area contributed by atoms with E-state index in [1.807, 2.05) is 0 Å². The highest BCUT2D eigenvalue weighted by Crippen LogP contribution is 2.17. The lowest BCUT2D eigenvalue weighted by molar-refractivity contribution is -0.137. The third-order valence-corrected chi connectivity index (χ3v) is 3.73. The Bertz CT molecular complexity index is 1050. The highest BCUT2D eigenvalue weighted by molar-refractivity contribution is 6.04. The lowest BCUT2D eigenvalue weighted by atomic mass is 10.2. The van der Waals surface area contributed by atoms with Crippen molar-refractivity contribution in [1.82, 2.24) is 9.55 Å². The molecule has 1 heterocycles. The quantitative estimate of drug-likeness (QED) is 0.721. The van der Waals surface area contributed by atoms with Gasteiger partial charge in [0.1, 0.15) is 23.9 Å². The summed E-state index contributed by atoms with van der Waals surface area (Å²) in [7, 11) is 0. The summed E-state index contributed by atoms with van der Waals surface area (Å²) in [6.45, 7) is -0.659. The predicted octanol–water partition coefficient (Wildman–Crippen LogP) is 2.39. The molecular formula is C19H14FN3O4. The van der Waals surface area contributed by atoms with Gasteiger partial charge in [0, 0.05) is 11.1 Å². The number of halogens is 1. The maximum atomic E-state index is 13.1. The second-order valence-corrected chi connectivity index (χ2v) is 5.61. The largest absolute Gasteiger partial charge is 0.480 e. The summed E-state index contributed by atoms with van der Waals surface area (Å²) < 4.78 is 14.0. The number of carbonyl (C=O) groups excluding carboxylic acids is 1. The van der Waals surface area contributed by atoms with Gasteiger partial charge < -0.3 is 10.4 Å². The Hall–Kier alpha value is -3.81. The van der Waals surface area contributed by atoms with Crippen LogP contribution in [0, 0.1) is 5.82 Å². The molecule has 0 saturated heterocycles. The Labute approximate surface area is 152 Å². The summed E-state index contributed by atoms with van der Waals surface area (Å²) in [5, 5.41) is 11.6. The van der Waals surface area contributed by atoms with Crippen molar-refractivity contribution in [1.29, 1.82) is 0 Å². The monoisotopic (exact) mass is 367 g/mol. The number of nitrogens with zero attached hydrogens (tertiary/aromatic N) is 2. The number of carboxylic acids is 1. The molecule has 0 unspecified atom stereocenters. The van der Waals surface area contributed by atoms with Crippen LogP contribution < -0.4 is 10.9 Å².